The molecule has 2 aromatic rings. The van der Waals surface area contributed by atoms with Crippen LogP contribution in [-0.4, -0.2) is 47.4 Å². The Bertz CT molecular complexity index is 1920. The largest absolute Gasteiger partial charge is 0.468 e. The molecule has 258 valence electrons. The maximum atomic E-state index is 14.2. The number of fused-ring (bicyclic) bond motifs is 7. The van der Waals surface area contributed by atoms with Crippen LogP contribution in [-0.2, 0) is 25.5 Å². The summed E-state index contributed by atoms with van der Waals surface area (Å²) in [5.74, 6) is -2.57. The molecule has 1 aliphatic carbocycles. The highest BCUT2D eigenvalue weighted by molar-refractivity contribution is 6.24. The Kier molecular flexibility index (Phi) is 9.22. The summed E-state index contributed by atoms with van der Waals surface area (Å²) in [7, 11) is 1.31. The summed E-state index contributed by atoms with van der Waals surface area (Å²) < 4.78 is 10.7. The van der Waals surface area contributed by atoms with E-state index < -0.39 is 11.9 Å². The second-order valence-corrected chi connectivity index (χ2v) is 13.9. The molecule has 0 saturated carbocycles. The Morgan fingerprint density at radius 2 is 1.82 bits per heavy atom. The van der Waals surface area contributed by atoms with E-state index in [0.717, 1.165) is 69.3 Å². The molecule has 4 aliphatic rings. The lowest BCUT2D eigenvalue weighted by molar-refractivity contribution is -0.143. The second-order valence-electron chi connectivity index (χ2n) is 13.9. The van der Waals surface area contributed by atoms with Gasteiger partial charge in [-0.15, -0.1) is 0 Å². The Morgan fingerprint density at radius 3 is 2.49 bits per heavy atom. The van der Waals surface area contributed by atoms with Crippen LogP contribution in [0.4, 0.5) is 0 Å². The van der Waals surface area contributed by atoms with Gasteiger partial charge in [0.25, 0.3) is 0 Å². The van der Waals surface area contributed by atoms with E-state index in [1.165, 1.54) is 18.3 Å². The van der Waals surface area contributed by atoms with Gasteiger partial charge in [0.1, 0.15) is 12.5 Å². The van der Waals surface area contributed by atoms with Gasteiger partial charge in [0.2, 0.25) is 0 Å². The molecule has 0 spiro atoms. The van der Waals surface area contributed by atoms with E-state index >= 15 is 0 Å². The predicted octanol–water partition coefficient (Wildman–Crippen LogP) is 7.08. The van der Waals surface area contributed by atoms with E-state index in [1.807, 2.05) is 32.9 Å². The van der Waals surface area contributed by atoms with E-state index in [1.54, 1.807) is 0 Å². The van der Waals surface area contributed by atoms with Crippen molar-refractivity contribution in [1.82, 2.24) is 20.6 Å². The predicted molar refractivity (Wildman–Crippen MR) is 193 cm³/mol. The Hall–Kier alpha value is -4.79. The zero-order valence-corrected chi connectivity index (χ0v) is 29.9. The highest BCUT2D eigenvalue weighted by Gasteiger charge is 2.48. The Morgan fingerprint density at radius 1 is 1.08 bits per heavy atom. The zero-order valence-electron chi connectivity index (χ0n) is 29.9. The summed E-state index contributed by atoms with van der Waals surface area (Å²) in [6.07, 6.45) is 10.3. The molecule has 3 aliphatic heterocycles. The van der Waals surface area contributed by atoms with Gasteiger partial charge in [-0.05, 0) is 93.5 Å². The molecule has 9 heteroatoms. The molecule has 4 atom stereocenters. The first kappa shape index (κ1) is 34.1. The van der Waals surface area contributed by atoms with Crippen molar-refractivity contribution in [2.45, 2.75) is 80.2 Å². The van der Waals surface area contributed by atoms with Gasteiger partial charge in [-0.1, -0.05) is 32.1 Å². The van der Waals surface area contributed by atoms with Crippen molar-refractivity contribution in [2.75, 3.05) is 13.7 Å². The van der Waals surface area contributed by atoms with Gasteiger partial charge in [0, 0.05) is 70.0 Å². The molecule has 1 saturated heterocycles. The summed E-state index contributed by atoms with van der Waals surface area (Å²) in [6, 6.07) is 0.0882. The minimum Gasteiger partial charge on any atom is -0.468 e. The molecular weight excluding hydrogens is 616 g/mol. The summed E-state index contributed by atoms with van der Waals surface area (Å²) in [5, 5.41) is 7.44. The first-order chi connectivity index (χ1) is 23.4. The smallest absolute Gasteiger partial charge is 0.321 e. The number of esters is 2. The highest BCUT2D eigenvalue weighted by Crippen LogP contribution is 2.48. The third-order valence-electron chi connectivity index (χ3n) is 10.8. The number of hydrogen-bond donors (Lipinski definition) is 4. The normalized spacial score (nSPS) is 26.0. The zero-order chi connectivity index (χ0) is 35.3. The van der Waals surface area contributed by atoms with Crippen LogP contribution in [0.1, 0.15) is 104 Å². The second kappa shape index (κ2) is 13.3. The number of carbonyl (C=O) groups excluding carboxylic acids is 3. The van der Waals surface area contributed by atoms with Crippen molar-refractivity contribution in [1.29, 1.82) is 0 Å². The van der Waals surface area contributed by atoms with Crippen LogP contribution in [0.25, 0.3) is 23.8 Å². The van der Waals surface area contributed by atoms with Crippen molar-refractivity contribution in [3.63, 3.8) is 0 Å². The Balaban J connectivity index is 1.57. The van der Waals surface area contributed by atoms with Crippen molar-refractivity contribution in [3.8, 4) is 0 Å². The fourth-order valence-corrected chi connectivity index (χ4v) is 8.01. The van der Waals surface area contributed by atoms with Crippen LogP contribution >= 0.6 is 0 Å². The maximum absolute atomic E-state index is 14.2. The third-order valence-corrected chi connectivity index (χ3v) is 10.8. The number of aromatic amines is 2. The van der Waals surface area contributed by atoms with Crippen molar-refractivity contribution < 1.29 is 23.9 Å². The van der Waals surface area contributed by atoms with Crippen LogP contribution in [0, 0.1) is 31.6 Å². The Labute approximate surface area is 288 Å². The monoisotopic (exact) mass is 664 g/mol. The molecule has 6 rings (SSSR count). The average molecular weight is 665 g/mol. The fraction of sp³-hybridized carbons (Fsp3) is 0.425. The highest BCUT2D eigenvalue weighted by atomic mass is 16.5. The molecule has 9 nitrogen and oxygen atoms in total. The molecule has 0 amide bonds. The SMILES string of the molecule is C=Cc1c2[nH]c(c1C)/C=C1\N/C(=C3\c4[nH]c(c(C)c4C(=O)[C@@H]3C(=O)OC)/C=C3\NC(C2)C(C)=C3CC)[C@@H](CCC(=O)OCC=C(C)C)[C@@H]1C. The number of rotatable bonds is 8. The van der Waals surface area contributed by atoms with E-state index in [0.29, 0.717) is 23.3 Å². The number of aromatic nitrogens is 2. The van der Waals surface area contributed by atoms with Crippen molar-refractivity contribution in [3.05, 3.63) is 91.5 Å². The molecule has 2 aromatic heterocycles. The average Bonchev–Trinajstić information content (AvgIpc) is 3.80. The molecule has 1 unspecified atom stereocenters. The summed E-state index contributed by atoms with van der Waals surface area (Å²) in [6.45, 7) is 18.8. The van der Waals surface area contributed by atoms with Crippen molar-refractivity contribution >= 4 is 41.5 Å². The molecular formula is C40H48N4O5. The van der Waals surface area contributed by atoms with Gasteiger partial charge in [0.15, 0.2) is 5.78 Å². The fourth-order valence-electron chi connectivity index (χ4n) is 8.01. The molecule has 49 heavy (non-hydrogen) atoms. The van der Waals surface area contributed by atoms with E-state index in [9.17, 15) is 14.4 Å². The topological polar surface area (TPSA) is 125 Å². The van der Waals surface area contributed by atoms with Gasteiger partial charge in [-0.25, -0.2) is 0 Å². The minimum absolute atomic E-state index is 0.0628. The molecule has 4 N–H and O–H groups in total. The number of methoxy groups -OCH3 is 1. The van der Waals surface area contributed by atoms with Gasteiger partial charge in [0.05, 0.1) is 18.8 Å². The lowest BCUT2D eigenvalue weighted by atomic mass is 9.85. The van der Waals surface area contributed by atoms with Gasteiger partial charge in [-0.3, -0.25) is 14.4 Å². The van der Waals surface area contributed by atoms with Crippen LogP contribution < -0.4 is 10.6 Å². The summed E-state index contributed by atoms with van der Waals surface area (Å²) >= 11 is 0. The van der Waals surface area contributed by atoms with E-state index in [4.69, 9.17) is 9.47 Å². The van der Waals surface area contributed by atoms with Gasteiger partial charge < -0.3 is 30.1 Å². The minimum atomic E-state index is -1.12. The van der Waals surface area contributed by atoms with Gasteiger partial charge in [-0.2, -0.15) is 0 Å². The number of carbonyl (C=O) groups is 3. The number of ketones is 1. The number of Topliss-reactive ketones (excluding diaryl/α,β-unsaturated/α-hetero) is 1. The molecule has 0 aromatic carbocycles. The van der Waals surface area contributed by atoms with Crippen LogP contribution in [0.3, 0.4) is 0 Å². The standard InChI is InChI=1S/C40H48N4O5/c1-10-24-20(5)27-16-29-22(7)26(12-13-33(45)49-15-14-19(3)4)37(43-29)35-36(40(47)48-9)39(46)34-23(8)30(44-38(34)35)18-32-25(11-2)21(6)28(42-32)17-31(24)41-27/h10,14,16,18,22,26,28,36,41-44H,1,11-13,15,17H2,2-9H3/b29-16-,32-18-,37-35-/t22-,26-,28?,36+/m0/s1. The summed E-state index contributed by atoms with van der Waals surface area (Å²) in [4.78, 5) is 47.8. The lowest BCUT2D eigenvalue weighted by Crippen LogP contribution is -2.26. The van der Waals surface area contributed by atoms with Crippen LogP contribution in [0.2, 0.25) is 0 Å². The number of nitrogens with one attached hydrogen (secondary N) is 4. The van der Waals surface area contributed by atoms with E-state index in [-0.39, 0.29) is 42.7 Å². The van der Waals surface area contributed by atoms with Crippen LogP contribution in [0.15, 0.2) is 46.5 Å². The first-order valence-electron chi connectivity index (χ1n) is 17.3. The van der Waals surface area contributed by atoms with Crippen molar-refractivity contribution in [2.24, 2.45) is 17.8 Å². The number of ether oxygens (including phenoxy) is 2. The first-order valence-corrected chi connectivity index (χ1v) is 17.3. The summed E-state index contributed by atoms with van der Waals surface area (Å²) in [5.41, 5.74) is 13.9. The molecule has 8 bridgehead atoms. The molecule has 0 radical (unpaired) electrons. The lowest BCUT2D eigenvalue weighted by Gasteiger charge is -2.19. The maximum Gasteiger partial charge on any atom is 0.321 e. The quantitative estimate of drug-likeness (QED) is 0.135. The number of hydrogen-bond acceptors (Lipinski definition) is 7. The third kappa shape index (κ3) is 5.83. The molecule has 1 fully saturated rings. The van der Waals surface area contributed by atoms with Crippen LogP contribution in [0.5, 0.6) is 0 Å². The van der Waals surface area contributed by atoms with E-state index in [2.05, 4.69) is 67.0 Å². The molecule has 5 heterocycles. The van der Waals surface area contributed by atoms with Gasteiger partial charge >= 0.3 is 11.9 Å². The number of H-pyrrole nitrogens is 2. The number of allylic oxidation sites excluding steroid dienone is 4.